The third-order valence-corrected chi connectivity index (χ3v) is 3.50. The Hall–Kier alpha value is -0.650. The van der Waals surface area contributed by atoms with Crippen molar-refractivity contribution >= 4 is 5.97 Å². The van der Waals surface area contributed by atoms with Crippen molar-refractivity contribution < 1.29 is 23.7 Å². The van der Waals surface area contributed by atoms with Gasteiger partial charge in [0.15, 0.2) is 0 Å². The highest BCUT2D eigenvalue weighted by Crippen LogP contribution is 2.13. The molecule has 1 unspecified atom stereocenters. The number of unbranched alkanes of at least 4 members (excludes halogenated alkanes) is 1. The van der Waals surface area contributed by atoms with Crippen molar-refractivity contribution in [3.05, 3.63) is 0 Å². The zero-order valence-corrected chi connectivity index (χ0v) is 14.6. The molecule has 22 heavy (non-hydrogen) atoms. The Balaban J connectivity index is 3.38. The number of esters is 1. The smallest absolute Gasteiger partial charge is 0.305 e. The molecule has 5 heteroatoms. The van der Waals surface area contributed by atoms with E-state index in [1.807, 2.05) is 0 Å². The van der Waals surface area contributed by atoms with Crippen LogP contribution in [0.15, 0.2) is 0 Å². The molecular formula is C17H34O5. The van der Waals surface area contributed by atoms with E-state index in [0.717, 1.165) is 12.8 Å². The van der Waals surface area contributed by atoms with Crippen LogP contribution >= 0.6 is 0 Å². The lowest BCUT2D eigenvalue weighted by molar-refractivity contribution is -0.145. The first-order valence-electron chi connectivity index (χ1n) is 8.54. The first-order chi connectivity index (χ1) is 10.7. The van der Waals surface area contributed by atoms with Crippen LogP contribution in [0.25, 0.3) is 0 Å². The summed E-state index contributed by atoms with van der Waals surface area (Å²) >= 11 is 0. The molecule has 0 aromatic carbocycles. The van der Waals surface area contributed by atoms with Gasteiger partial charge in [0.1, 0.15) is 0 Å². The lowest BCUT2D eigenvalue weighted by Gasteiger charge is -2.14. The fourth-order valence-electron chi connectivity index (χ4n) is 1.96. The molecule has 0 heterocycles. The zero-order chi connectivity index (χ0) is 16.5. The number of hydrogen-bond acceptors (Lipinski definition) is 5. The van der Waals surface area contributed by atoms with Crippen molar-refractivity contribution in [2.45, 2.75) is 52.4 Å². The molecule has 0 aromatic heterocycles. The van der Waals surface area contributed by atoms with Crippen LogP contribution in [0.5, 0.6) is 0 Å². The summed E-state index contributed by atoms with van der Waals surface area (Å²) < 4.78 is 20.9. The summed E-state index contributed by atoms with van der Waals surface area (Å²) in [4.78, 5) is 11.6. The minimum absolute atomic E-state index is 0.116. The second-order valence-corrected chi connectivity index (χ2v) is 5.42. The standard InChI is InChI=1S/C17H34O5/c1-4-6-8-16(5-2)15-22-17(18)9-7-10-20-13-14-21-12-11-19-3/h16H,4-15H2,1-3H3. The summed E-state index contributed by atoms with van der Waals surface area (Å²) in [5.41, 5.74) is 0. The third kappa shape index (κ3) is 14.3. The number of hydrogen-bond donors (Lipinski definition) is 0. The van der Waals surface area contributed by atoms with E-state index in [1.54, 1.807) is 7.11 Å². The highest BCUT2D eigenvalue weighted by Gasteiger charge is 2.09. The van der Waals surface area contributed by atoms with Crippen LogP contribution in [0.4, 0.5) is 0 Å². The van der Waals surface area contributed by atoms with E-state index >= 15 is 0 Å². The topological polar surface area (TPSA) is 54.0 Å². The van der Waals surface area contributed by atoms with Crippen LogP contribution in [-0.4, -0.2) is 52.7 Å². The summed E-state index contributed by atoms with van der Waals surface area (Å²) in [6, 6.07) is 0. The Labute approximate surface area is 135 Å². The molecule has 0 saturated heterocycles. The van der Waals surface area contributed by atoms with Gasteiger partial charge in [-0.25, -0.2) is 0 Å². The average molecular weight is 318 g/mol. The summed E-state index contributed by atoms with van der Waals surface area (Å²) in [5.74, 6) is 0.388. The summed E-state index contributed by atoms with van der Waals surface area (Å²) in [6.45, 7) is 7.75. The van der Waals surface area contributed by atoms with Crippen LogP contribution in [0.2, 0.25) is 0 Å². The number of carbonyl (C=O) groups is 1. The van der Waals surface area contributed by atoms with Crippen molar-refractivity contribution in [2.24, 2.45) is 5.92 Å². The number of carbonyl (C=O) groups excluding carboxylic acids is 1. The predicted octanol–water partition coefficient (Wildman–Crippen LogP) is 3.21. The first-order valence-corrected chi connectivity index (χ1v) is 8.54. The fraction of sp³-hybridized carbons (Fsp3) is 0.941. The van der Waals surface area contributed by atoms with Crippen molar-refractivity contribution in [2.75, 3.05) is 46.8 Å². The van der Waals surface area contributed by atoms with Gasteiger partial charge in [-0.1, -0.05) is 33.1 Å². The second kappa shape index (κ2) is 16.7. The van der Waals surface area contributed by atoms with Gasteiger partial charge < -0.3 is 18.9 Å². The molecule has 5 nitrogen and oxygen atoms in total. The van der Waals surface area contributed by atoms with E-state index < -0.39 is 0 Å². The number of ether oxygens (including phenoxy) is 4. The molecule has 1 atom stereocenters. The van der Waals surface area contributed by atoms with Crippen molar-refractivity contribution in [1.29, 1.82) is 0 Å². The van der Waals surface area contributed by atoms with E-state index in [-0.39, 0.29) is 5.97 Å². The third-order valence-electron chi connectivity index (χ3n) is 3.50. The van der Waals surface area contributed by atoms with Gasteiger partial charge in [-0.15, -0.1) is 0 Å². The van der Waals surface area contributed by atoms with Gasteiger partial charge in [0.25, 0.3) is 0 Å². The maximum absolute atomic E-state index is 11.6. The Morgan fingerprint density at radius 1 is 0.955 bits per heavy atom. The zero-order valence-electron chi connectivity index (χ0n) is 14.6. The molecule has 0 rings (SSSR count). The van der Waals surface area contributed by atoms with Crippen molar-refractivity contribution in [3.63, 3.8) is 0 Å². The highest BCUT2D eigenvalue weighted by atomic mass is 16.5. The minimum atomic E-state index is -0.116. The molecule has 0 aromatic rings. The van der Waals surface area contributed by atoms with E-state index in [1.165, 1.54) is 12.8 Å². The maximum Gasteiger partial charge on any atom is 0.305 e. The molecule has 0 bridgehead atoms. The SMILES string of the molecule is CCCCC(CC)COC(=O)CCCOCCOCCOC. The van der Waals surface area contributed by atoms with Crippen molar-refractivity contribution in [1.82, 2.24) is 0 Å². The van der Waals surface area contributed by atoms with Gasteiger partial charge in [0.2, 0.25) is 0 Å². The summed E-state index contributed by atoms with van der Waals surface area (Å²) in [6.07, 6.45) is 5.73. The van der Waals surface area contributed by atoms with Gasteiger partial charge in [-0.2, -0.15) is 0 Å². The summed E-state index contributed by atoms with van der Waals surface area (Å²) in [7, 11) is 1.64. The van der Waals surface area contributed by atoms with Gasteiger partial charge in [0.05, 0.1) is 33.0 Å². The molecule has 0 spiro atoms. The summed E-state index contributed by atoms with van der Waals surface area (Å²) in [5, 5.41) is 0. The van der Waals surface area contributed by atoms with Gasteiger partial charge in [-0.05, 0) is 18.8 Å². The Bertz CT molecular complexity index is 245. The van der Waals surface area contributed by atoms with Crippen LogP contribution in [0.1, 0.15) is 52.4 Å². The second-order valence-electron chi connectivity index (χ2n) is 5.42. The van der Waals surface area contributed by atoms with Crippen LogP contribution < -0.4 is 0 Å². The molecular weight excluding hydrogens is 284 g/mol. The molecule has 132 valence electrons. The lowest BCUT2D eigenvalue weighted by Crippen LogP contribution is -2.14. The molecule has 0 fully saturated rings. The average Bonchev–Trinajstić information content (AvgIpc) is 2.53. The molecule has 0 amide bonds. The molecule has 0 saturated carbocycles. The van der Waals surface area contributed by atoms with E-state index in [2.05, 4.69) is 13.8 Å². The van der Waals surface area contributed by atoms with Crippen LogP contribution in [0, 0.1) is 5.92 Å². The monoisotopic (exact) mass is 318 g/mol. The molecule has 0 aliphatic carbocycles. The lowest BCUT2D eigenvalue weighted by atomic mass is 10.0. The van der Waals surface area contributed by atoms with Crippen LogP contribution in [-0.2, 0) is 23.7 Å². The van der Waals surface area contributed by atoms with Crippen LogP contribution in [0.3, 0.4) is 0 Å². The van der Waals surface area contributed by atoms with Gasteiger partial charge in [0, 0.05) is 20.1 Å². The minimum Gasteiger partial charge on any atom is -0.465 e. The molecule has 0 aliphatic rings. The first kappa shape index (κ1) is 21.4. The normalized spacial score (nSPS) is 12.3. The van der Waals surface area contributed by atoms with E-state index in [0.29, 0.717) is 58.4 Å². The largest absolute Gasteiger partial charge is 0.465 e. The van der Waals surface area contributed by atoms with Crippen molar-refractivity contribution in [3.8, 4) is 0 Å². The molecule has 0 radical (unpaired) electrons. The Morgan fingerprint density at radius 3 is 2.27 bits per heavy atom. The predicted molar refractivity (Wildman–Crippen MR) is 87.0 cm³/mol. The van der Waals surface area contributed by atoms with E-state index in [9.17, 15) is 4.79 Å². The number of methoxy groups -OCH3 is 1. The Morgan fingerprint density at radius 2 is 1.64 bits per heavy atom. The number of rotatable bonds is 16. The quantitative estimate of drug-likeness (QED) is 0.323. The van der Waals surface area contributed by atoms with Gasteiger partial charge >= 0.3 is 5.97 Å². The Kier molecular flexibility index (Phi) is 16.2. The molecule has 0 N–H and O–H groups in total. The highest BCUT2D eigenvalue weighted by molar-refractivity contribution is 5.69. The van der Waals surface area contributed by atoms with E-state index in [4.69, 9.17) is 18.9 Å². The maximum atomic E-state index is 11.6. The molecule has 0 aliphatic heterocycles. The fourth-order valence-corrected chi connectivity index (χ4v) is 1.96. The van der Waals surface area contributed by atoms with Gasteiger partial charge in [-0.3, -0.25) is 4.79 Å².